The minimum absolute atomic E-state index is 0.190. The fourth-order valence-corrected chi connectivity index (χ4v) is 3.14. The Labute approximate surface area is 203 Å². The van der Waals surface area contributed by atoms with Crippen molar-refractivity contribution in [2.24, 2.45) is 4.99 Å². The lowest BCUT2D eigenvalue weighted by Crippen LogP contribution is -2.24. The number of halogens is 5. The van der Waals surface area contributed by atoms with Crippen molar-refractivity contribution in [1.82, 2.24) is 10.3 Å². The lowest BCUT2D eigenvalue weighted by atomic mass is 10.1. The molecule has 0 bridgehead atoms. The van der Waals surface area contributed by atoms with Gasteiger partial charge in [0.1, 0.15) is 5.71 Å². The molecule has 1 aromatic carbocycles. The summed E-state index contributed by atoms with van der Waals surface area (Å²) in [6, 6.07) is 6.82. The summed E-state index contributed by atoms with van der Waals surface area (Å²) in [5, 5.41) is 5.67. The van der Waals surface area contributed by atoms with E-state index in [9.17, 15) is 22.8 Å². The lowest BCUT2D eigenvalue weighted by Gasteiger charge is -2.14. The second kappa shape index (κ2) is 12.5. The summed E-state index contributed by atoms with van der Waals surface area (Å²) in [6.07, 6.45) is -2.28. The van der Waals surface area contributed by atoms with Crippen LogP contribution in [-0.2, 0) is 4.79 Å². The summed E-state index contributed by atoms with van der Waals surface area (Å²) in [4.78, 5) is 31.3. The average Bonchev–Trinajstić information content (AvgIpc) is 2.74. The van der Waals surface area contributed by atoms with E-state index >= 15 is 0 Å². The molecule has 2 rings (SSSR count). The summed E-state index contributed by atoms with van der Waals surface area (Å²) in [6.45, 7) is 4.78. The minimum atomic E-state index is -4.66. The normalized spacial score (nSPS) is 11.9. The van der Waals surface area contributed by atoms with E-state index in [1.165, 1.54) is 20.0 Å². The number of nitrogens with one attached hydrogen (secondary N) is 2. The predicted molar refractivity (Wildman–Crippen MR) is 128 cm³/mol. The summed E-state index contributed by atoms with van der Waals surface area (Å²) in [5.74, 6) is -1.20. The zero-order valence-electron chi connectivity index (χ0n) is 18.6. The van der Waals surface area contributed by atoms with Crippen LogP contribution in [0.1, 0.15) is 28.5 Å². The van der Waals surface area contributed by atoms with Gasteiger partial charge in [-0.2, -0.15) is 13.2 Å². The van der Waals surface area contributed by atoms with Crippen molar-refractivity contribution in [2.45, 2.75) is 26.9 Å². The molecule has 2 N–H and O–H groups in total. The van der Waals surface area contributed by atoms with Crippen molar-refractivity contribution in [3.8, 4) is 0 Å². The van der Waals surface area contributed by atoms with E-state index < -0.39 is 23.7 Å². The molecule has 6 nitrogen and oxygen atoms in total. The number of benzene rings is 1. The summed E-state index contributed by atoms with van der Waals surface area (Å²) < 4.78 is 38.8. The number of aliphatic imine (C=N–C) groups is 1. The SMILES string of the molecule is CN=C(/C=C(\C)C(=O)Nc1c(C)cc(Br)cc1C(=O)NC)C(F)(F)F.Cc1ncccc1Cl. The Balaban J connectivity index is 0.000000568. The standard InChI is InChI=1S/C16H17BrF3N3O2.C6H6ClN/c1-8-5-10(17)7-11(15(25)22-4)13(8)23-14(24)9(2)6-12(21-3)16(18,19)20;1-5-6(7)3-2-4-8-5/h5-7H,1-4H3,(H,22,25)(H,23,24);2-4H,1H3/b9-6+,21-12?;. The zero-order chi connectivity index (χ0) is 25.3. The number of amides is 2. The number of pyridine rings is 1. The van der Waals surface area contributed by atoms with Crippen LogP contribution in [0.2, 0.25) is 5.02 Å². The Morgan fingerprint density at radius 3 is 2.33 bits per heavy atom. The summed E-state index contributed by atoms with van der Waals surface area (Å²) in [5.41, 5.74) is 0.517. The van der Waals surface area contributed by atoms with E-state index in [4.69, 9.17) is 11.6 Å². The Morgan fingerprint density at radius 2 is 1.88 bits per heavy atom. The number of anilines is 1. The molecule has 0 aliphatic rings. The molecule has 2 aromatic rings. The number of alkyl halides is 3. The maximum Gasteiger partial charge on any atom is 0.432 e. The number of allylic oxidation sites excluding steroid dienone is 1. The molecule has 1 heterocycles. The predicted octanol–water partition coefficient (Wildman–Crippen LogP) is 5.68. The molecule has 0 spiro atoms. The van der Waals surface area contributed by atoms with Crippen LogP contribution in [0.4, 0.5) is 18.9 Å². The van der Waals surface area contributed by atoms with Crippen molar-refractivity contribution in [3.05, 3.63) is 68.4 Å². The fraction of sp³-hybridized carbons (Fsp3) is 0.273. The van der Waals surface area contributed by atoms with Crippen molar-refractivity contribution in [1.29, 1.82) is 0 Å². The third kappa shape index (κ3) is 8.62. The minimum Gasteiger partial charge on any atom is -0.355 e. The van der Waals surface area contributed by atoms with Crippen molar-refractivity contribution in [3.63, 3.8) is 0 Å². The van der Waals surface area contributed by atoms with Gasteiger partial charge in [-0.05, 0) is 56.7 Å². The number of rotatable bonds is 4. The summed E-state index contributed by atoms with van der Waals surface area (Å²) >= 11 is 8.91. The molecule has 2 amide bonds. The highest BCUT2D eigenvalue weighted by molar-refractivity contribution is 9.10. The maximum absolute atomic E-state index is 12.7. The van der Waals surface area contributed by atoms with Gasteiger partial charge in [-0.3, -0.25) is 19.6 Å². The zero-order valence-corrected chi connectivity index (χ0v) is 20.9. The molecule has 0 aliphatic heterocycles. The van der Waals surface area contributed by atoms with Gasteiger partial charge in [0.05, 0.1) is 22.0 Å². The Kier molecular flexibility index (Phi) is 10.7. The molecule has 0 saturated carbocycles. The van der Waals surface area contributed by atoms with Crippen LogP contribution < -0.4 is 10.6 Å². The smallest absolute Gasteiger partial charge is 0.355 e. The van der Waals surface area contributed by atoms with E-state index in [-0.39, 0.29) is 16.8 Å². The van der Waals surface area contributed by atoms with Crippen LogP contribution in [0.25, 0.3) is 0 Å². The van der Waals surface area contributed by atoms with Crippen molar-refractivity contribution in [2.75, 3.05) is 19.4 Å². The molecule has 0 fully saturated rings. The molecule has 0 radical (unpaired) electrons. The molecule has 0 saturated heterocycles. The number of aromatic nitrogens is 1. The van der Waals surface area contributed by atoms with E-state index in [2.05, 4.69) is 36.5 Å². The van der Waals surface area contributed by atoms with Crippen LogP contribution in [0.5, 0.6) is 0 Å². The van der Waals surface area contributed by atoms with Crippen LogP contribution in [0.3, 0.4) is 0 Å². The van der Waals surface area contributed by atoms with Gasteiger partial charge in [-0.15, -0.1) is 0 Å². The molecule has 0 aliphatic carbocycles. The monoisotopic (exact) mass is 546 g/mol. The second-order valence-electron chi connectivity index (χ2n) is 6.68. The third-order valence-electron chi connectivity index (χ3n) is 4.20. The van der Waals surface area contributed by atoms with E-state index in [0.29, 0.717) is 16.1 Å². The third-order valence-corrected chi connectivity index (χ3v) is 5.05. The fourth-order valence-electron chi connectivity index (χ4n) is 2.44. The molecule has 1 aromatic heterocycles. The van der Waals surface area contributed by atoms with Gasteiger partial charge in [0, 0.05) is 30.3 Å². The van der Waals surface area contributed by atoms with Crippen LogP contribution in [0, 0.1) is 13.8 Å². The molecular formula is C22H23BrClF3N4O2. The van der Waals surface area contributed by atoms with Gasteiger partial charge in [-0.25, -0.2) is 0 Å². The number of nitrogens with zero attached hydrogens (tertiary/aromatic N) is 2. The van der Waals surface area contributed by atoms with Gasteiger partial charge in [-0.1, -0.05) is 27.5 Å². The molecule has 0 atom stereocenters. The number of hydrogen-bond donors (Lipinski definition) is 2. The number of aryl methyl sites for hydroxylation is 2. The highest BCUT2D eigenvalue weighted by Gasteiger charge is 2.34. The quantitative estimate of drug-likeness (QED) is 0.382. The molecular weight excluding hydrogens is 525 g/mol. The number of carbonyl (C=O) groups is 2. The lowest BCUT2D eigenvalue weighted by molar-refractivity contribution is -0.112. The van der Waals surface area contributed by atoms with Crippen LogP contribution in [0.15, 0.2) is 51.6 Å². The van der Waals surface area contributed by atoms with E-state index in [0.717, 1.165) is 17.8 Å². The van der Waals surface area contributed by atoms with Crippen molar-refractivity contribution >= 4 is 50.7 Å². The van der Waals surface area contributed by atoms with Crippen LogP contribution in [-0.4, -0.2) is 42.8 Å². The first-order chi connectivity index (χ1) is 15.3. The first-order valence-electron chi connectivity index (χ1n) is 9.44. The van der Waals surface area contributed by atoms with Crippen molar-refractivity contribution < 1.29 is 22.8 Å². The Bertz CT molecular complexity index is 1060. The Morgan fingerprint density at radius 1 is 1.24 bits per heavy atom. The van der Waals surface area contributed by atoms with Gasteiger partial charge in [0.15, 0.2) is 0 Å². The number of carbonyl (C=O) groups excluding carboxylic acids is 2. The first kappa shape index (κ1) is 28.3. The average molecular weight is 548 g/mol. The highest BCUT2D eigenvalue weighted by Crippen LogP contribution is 2.27. The Hall–Kier alpha value is -2.72. The van der Waals surface area contributed by atoms with E-state index in [1.54, 1.807) is 19.2 Å². The second-order valence-corrected chi connectivity index (χ2v) is 8.01. The van der Waals surface area contributed by atoms with Gasteiger partial charge < -0.3 is 10.6 Å². The highest BCUT2D eigenvalue weighted by atomic mass is 79.9. The first-order valence-corrected chi connectivity index (χ1v) is 10.6. The maximum atomic E-state index is 12.7. The van der Waals surface area contributed by atoms with Gasteiger partial charge in [0.25, 0.3) is 11.8 Å². The summed E-state index contributed by atoms with van der Waals surface area (Å²) in [7, 11) is 2.43. The van der Waals surface area contributed by atoms with E-state index in [1.807, 2.05) is 19.1 Å². The molecule has 0 unspecified atom stereocenters. The van der Waals surface area contributed by atoms with Gasteiger partial charge >= 0.3 is 6.18 Å². The number of hydrogen-bond acceptors (Lipinski definition) is 4. The molecule has 178 valence electrons. The largest absolute Gasteiger partial charge is 0.432 e. The molecule has 11 heteroatoms. The topological polar surface area (TPSA) is 83.5 Å². The van der Waals surface area contributed by atoms with Gasteiger partial charge in [0.2, 0.25) is 0 Å². The van der Waals surface area contributed by atoms with Crippen LogP contribution >= 0.6 is 27.5 Å². The molecule has 33 heavy (non-hydrogen) atoms.